The average Bonchev–Trinajstić information content (AvgIpc) is 2.24. The predicted octanol–water partition coefficient (Wildman–Crippen LogP) is 2.63. The van der Waals surface area contributed by atoms with Gasteiger partial charge in [-0.1, -0.05) is 0 Å². The van der Waals surface area contributed by atoms with Crippen molar-refractivity contribution in [1.82, 2.24) is 10.3 Å². The molecule has 0 aliphatic rings. The fourth-order valence-electron chi connectivity index (χ4n) is 1.33. The van der Waals surface area contributed by atoms with Crippen LogP contribution in [0.1, 0.15) is 38.1 Å². The van der Waals surface area contributed by atoms with Crippen molar-refractivity contribution in [3.63, 3.8) is 0 Å². The number of aromatic nitrogens is 1. The Balaban J connectivity index is 0.00000324. The first-order valence-corrected chi connectivity index (χ1v) is 5.56. The monoisotopic (exact) mass is 296 g/mol. The lowest BCUT2D eigenvalue weighted by atomic mass is 10.1. The van der Waals surface area contributed by atoms with Crippen molar-refractivity contribution < 1.29 is 18.3 Å². The summed E-state index contributed by atoms with van der Waals surface area (Å²) in [6.45, 7) is 5.92. The zero-order valence-corrected chi connectivity index (χ0v) is 12.0. The molecule has 0 bridgehead atoms. The third-order valence-electron chi connectivity index (χ3n) is 2.28. The second kappa shape index (κ2) is 6.58. The van der Waals surface area contributed by atoms with E-state index in [0.29, 0.717) is 0 Å². The first-order valence-electron chi connectivity index (χ1n) is 5.56. The van der Waals surface area contributed by atoms with E-state index in [1.807, 2.05) is 20.8 Å². The summed E-state index contributed by atoms with van der Waals surface area (Å²) < 4.78 is 37.3. The van der Waals surface area contributed by atoms with Crippen LogP contribution in [-0.4, -0.2) is 22.2 Å². The summed E-state index contributed by atoms with van der Waals surface area (Å²) in [6, 6.07) is 2.25. The summed E-state index contributed by atoms with van der Waals surface area (Å²) in [6.07, 6.45) is -4.43. The van der Waals surface area contributed by atoms with Gasteiger partial charge in [0.2, 0.25) is 0 Å². The van der Waals surface area contributed by atoms with Crippen molar-refractivity contribution in [3.05, 3.63) is 29.6 Å². The maximum absolute atomic E-state index is 12.4. The van der Waals surface area contributed by atoms with E-state index in [0.717, 1.165) is 12.3 Å². The molecule has 0 spiro atoms. The molecule has 1 aromatic rings. The van der Waals surface area contributed by atoms with Gasteiger partial charge in [0.15, 0.2) is 0 Å². The molecule has 110 valence electrons. The number of nitrogens with one attached hydrogen (secondary N) is 1. The molecule has 1 rings (SSSR count). The molecular formula is C12H19F3N2OS. The summed E-state index contributed by atoms with van der Waals surface area (Å²) in [7, 11) is 0. The number of alkyl halides is 3. The van der Waals surface area contributed by atoms with Crippen LogP contribution in [0, 0.1) is 0 Å². The van der Waals surface area contributed by atoms with E-state index in [-0.39, 0.29) is 31.1 Å². The van der Waals surface area contributed by atoms with Crippen LogP contribution in [-0.2, 0) is 6.18 Å². The first kappa shape index (κ1) is 18.2. The summed E-state index contributed by atoms with van der Waals surface area (Å²) in [5, 5.41) is 12.8. The highest BCUT2D eigenvalue weighted by atomic mass is 32.1. The highest BCUT2D eigenvalue weighted by molar-refractivity contribution is 7.59. The largest absolute Gasteiger partial charge is 0.433 e. The molecule has 0 fully saturated rings. The second-order valence-electron chi connectivity index (χ2n) is 5.12. The van der Waals surface area contributed by atoms with Crippen LogP contribution >= 0.6 is 13.5 Å². The van der Waals surface area contributed by atoms with Gasteiger partial charge in [-0.15, -0.1) is 0 Å². The summed E-state index contributed by atoms with van der Waals surface area (Å²) in [4.78, 5) is 3.25. The Kier molecular flexibility index (Phi) is 6.31. The van der Waals surface area contributed by atoms with Gasteiger partial charge < -0.3 is 10.4 Å². The van der Waals surface area contributed by atoms with Crippen molar-refractivity contribution in [2.75, 3.05) is 6.54 Å². The van der Waals surface area contributed by atoms with E-state index < -0.39 is 18.0 Å². The maximum atomic E-state index is 12.4. The molecule has 0 aromatic carbocycles. The average molecular weight is 296 g/mol. The number of aliphatic hydroxyl groups is 1. The van der Waals surface area contributed by atoms with Crippen LogP contribution in [0.5, 0.6) is 0 Å². The van der Waals surface area contributed by atoms with Gasteiger partial charge in [-0.3, -0.25) is 4.98 Å². The highest BCUT2D eigenvalue weighted by Gasteiger charge is 2.32. The summed E-state index contributed by atoms with van der Waals surface area (Å²) >= 11 is 0. The normalized spacial score (nSPS) is 13.8. The minimum absolute atomic E-state index is 0. The lowest BCUT2D eigenvalue weighted by molar-refractivity contribution is -0.141. The van der Waals surface area contributed by atoms with Gasteiger partial charge >= 0.3 is 6.18 Å². The van der Waals surface area contributed by atoms with Crippen LogP contribution in [0.15, 0.2) is 18.3 Å². The molecule has 0 amide bonds. The zero-order chi connectivity index (χ0) is 14.0. The maximum Gasteiger partial charge on any atom is 0.433 e. The van der Waals surface area contributed by atoms with Gasteiger partial charge in [-0.25, -0.2) is 0 Å². The Morgan fingerprint density at radius 2 is 1.89 bits per heavy atom. The number of pyridine rings is 1. The fourth-order valence-corrected chi connectivity index (χ4v) is 1.33. The number of halogens is 3. The van der Waals surface area contributed by atoms with Gasteiger partial charge in [0.1, 0.15) is 5.69 Å². The molecule has 3 nitrogen and oxygen atoms in total. The molecule has 2 N–H and O–H groups in total. The van der Waals surface area contributed by atoms with Crippen molar-refractivity contribution in [2.24, 2.45) is 0 Å². The van der Waals surface area contributed by atoms with Crippen LogP contribution in [0.25, 0.3) is 0 Å². The smallest absolute Gasteiger partial charge is 0.387 e. The van der Waals surface area contributed by atoms with E-state index in [9.17, 15) is 18.3 Å². The van der Waals surface area contributed by atoms with Gasteiger partial charge in [0.25, 0.3) is 0 Å². The van der Waals surface area contributed by atoms with E-state index in [1.54, 1.807) is 0 Å². The molecule has 0 aliphatic heterocycles. The van der Waals surface area contributed by atoms with E-state index >= 15 is 0 Å². The van der Waals surface area contributed by atoms with Gasteiger partial charge in [-0.2, -0.15) is 26.7 Å². The molecular weight excluding hydrogens is 277 g/mol. The number of β-amino-alcohol motifs (C(OH)–C–C–N with tert-alkyl or cyclic N) is 1. The number of hydrogen-bond acceptors (Lipinski definition) is 3. The van der Waals surface area contributed by atoms with Gasteiger partial charge in [-0.05, 0) is 38.5 Å². The van der Waals surface area contributed by atoms with E-state index in [2.05, 4.69) is 10.3 Å². The van der Waals surface area contributed by atoms with E-state index in [4.69, 9.17) is 0 Å². The van der Waals surface area contributed by atoms with E-state index in [1.165, 1.54) is 6.07 Å². The standard InChI is InChI=1S/C12H17F3N2O.H2S/c1-11(2,3)17-7-9(18)8-4-5-16-10(6-8)12(13,14)15;/h4-6,9,17-18H,7H2,1-3H3;1H2/t9-;/m1./s1. The number of rotatable bonds is 3. The minimum Gasteiger partial charge on any atom is -0.387 e. The van der Waals surface area contributed by atoms with Crippen molar-refractivity contribution in [3.8, 4) is 0 Å². The Hall–Kier alpha value is -0.790. The molecule has 0 aliphatic carbocycles. The lowest BCUT2D eigenvalue weighted by Crippen LogP contribution is -2.38. The number of nitrogens with zero attached hydrogens (tertiary/aromatic N) is 1. The SMILES string of the molecule is CC(C)(C)NC[C@@H](O)c1ccnc(C(F)(F)F)c1.S. The molecule has 0 radical (unpaired) electrons. The number of aliphatic hydroxyl groups excluding tert-OH is 1. The minimum atomic E-state index is -4.49. The van der Waals surface area contributed by atoms with Gasteiger partial charge in [0.05, 0.1) is 6.10 Å². The molecule has 1 atom stereocenters. The molecule has 1 heterocycles. The fraction of sp³-hybridized carbons (Fsp3) is 0.583. The third-order valence-corrected chi connectivity index (χ3v) is 2.28. The predicted molar refractivity (Wildman–Crippen MR) is 72.3 cm³/mol. The quantitative estimate of drug-likeness (QED) is 0.901. The van der Waals surface area contributed by atoms with Gasteiger partial charge in [0, 0.05) is 18.3 Å². The zero-order valence-electron chi connectivity index (χ0n) is 11.0. The topological polar surface area (TPSA) is 45.1 Å². The Labute approximate surface area is 117 Å². The van der Waals surface area contributed by atoms with Crippen LogP contribution in [0.4, 0.5) is 13.2 Å². The van der Waals surface area contributed by atoms with Crippen LogP contribution in [0.3, 0.4) is 0 Å². The molecule has 0 unspecified atom stereocenters. The lowest BCUT2D eigenvalue weighted by Gasteiger charge is -2.23. The molecule has 0 saturated carbocycles. The molecule has 1 aromatic heterocycles. The van der Waals surface area contributed by atoms with Crippen molar-refractivity contribution in [2.45, 2.75) is 38.6 Å². The second-order valence-corrected chi connectivity index (χ2v) is 5.12. The Morgan fingerprint density at radius 1 is 1.32 bits per heavy atom. The van der Waals surface area contributed by atoms with Crippen molar-refractivity contribution >= 4 is 13.5 Å². The first-order chi connectivity index (χ1) is 8.09. The molecule has 19 heavy (non-hydrogen) atoms. The van der Waals surface area contributed by atoms with Crippen LogP contribution in [0.2, 0.25) is 0 Å². The Bertz CT molecular complexity index is 405. The molecule has 0 saturated heterocycles. The summed E-state index contributed by atoms with van der Waals surface area (Å²) in [5.41, 5.74) is -0.996. The number of hydrogen-bond donors (Lipinski definition) is 2. The van der Waals surface area contributed by atoms with Crippen LogP contribution < -0.4 is 5.32 Å². The molecule has 7 heteroatoms. The Morgan fingerprint density at radius 3 is 2.37 bits per heavy atom. The van der Waals surface area contributed by atoms with Crippen molar-refractivity contribution in [1.29, 1.82) is 0 Å². The summed E-state index contributed by atoms with van der Waals surface area (Å²) in [5.74, 6) is 0. The highest BCUT2D eigenvalue weighted by Crippen LogP contribution is 2.28. The third kappa shape index (κ3) is 6.26.